The Hall–Kier alpha value is -1.95. The quantitative estimate of drug-likeness (QED) is 0.651. The molecule has 0 bridgehead atoms. The molecule has 2 aromatic rings. The van der Waals surface area contributed by atoms with E-state index in [2.05, 4.69) is 21.2 Å². The predicted molar refractivity (Wildman–Crippen MR) is 108 cm³/mol. The second-order valence-corrected chi connectivity index (χ2v) is 9.64. The van der Waals surface area contributed by atoms with Crippen molar-refractivity contribution in [2.45, 2.75) is 11.8 Å². The lowest BCUT2D eigenvalue weighted by atomic mass is 10.2. The average molecular weight is 507 g/mol. The van der Waals surface area contributed by atoms with E-state index in [-0.39, 0.29) is 15.1 Å². The Morgan fingerprint density at radius 1 is 1.13 bits per heavy atom. The van der Waals surface area contributed by atoms with Crippen molar-refractivity contribution < 1.29 is 31.3 Å². The number of nitrogens with one attached hydrogen (secondary N) is 2. The van der Waals surface area contributed by atoms with Crippen molar-refractivity contribution in [1.82, 2.24) is 4.31 Å². The zero-order chi connectivity index (χ0) is 22.1. The van der Waals surface area contributed by atoms with Gasteiger partial charge in [-0.25, -0.2) is 21.6 Å². The fourth-order valence-corrected chi connectivity index (χ4v) is 5.20. The standard InChI is InChI=1S/C19H19BrF3N3O3S/c1-2-25-5-7-26(8-6-25)30(28,29)13-3-4-16(22)14(11-13)19(27)24-18-15(20)9-12(21)10-17(18)23/h3-4,9-11H,2,5-8H2,1H3,(H,24,27)/p+1. The summed E-state index contributed by atoms with van der Waals surface area (Å²) in [5.41, 5.74) is -0.947. The maximum absolute atomic E-state index is 14.3. The van der Waals surface area contributed by atoms with Crippen LogP contribution in [0.15, 0.2) is 39.7 Å². The van der Waals surface area contributed by atoms with Gasteiger partial charge < -0.3 is 10.2 Å². The molecule has 11 heteroatoms. The number of sulfonamides is 1. The Labute approximate surface area is 180 Å². The van der Waals surface area contributed by atoms with E-state index in [1.165, 1.54) is 9.21 Å². The van der Waals surface area contributed by atoms with E-state index >= 15 is 0 Å². The molecule has 6 nitrogen and oxygen atoms in total. The summed E-state index contributed by atoms with van der Waals surface area (Å²) in [4.78, 5) is 13.6. The summed E-state index contributed by atoms with van der Waals surface area (Å²) < 4.78 is 68.6. The van der Waals surface area contributed by atoms with Crippen LogP contribution in [0.1, 0.15) is 17.3 Å². The van der Waals surface area contributed by atoms with Gasteiger partial charge in [-0.05, 0) is 47.1 Å². The fraction of sp³-hybridized carbons (Fsp3) is 0.316. The van der Waals surface area contributed by atoms with E-state index in [1.807, 2.05) is 6.92 Å². The number of carbonyl (C=O) groups excluding carboxylic acids is 1. The van der Waals surface area contributed by atoms with E-state index in [9.17, 15) is 26.4 Å². The van der Waals surface area contributed by atoms with Crippen LogP contribution in [0, 0.1) is 17.5 Å². The Morgan fingerprint density at radius 3 is 2.40 bits per heavy atom. The molecule has 30 heavy (non-hydrogen) atoms. The molecule has 0 radical (unpaired) electrons. The summed E-state index contributed by atoms with van der Waals surface area (Å²) in [6.45, 7) is 4.86. The minimum absolute atomic E-state index is 0.0752. The number of amides is 1. The lowest BCUT2D eigenvalue weighted by molar-refractivity contribution is -0.901. The summed E-state index contributed by atoms with van der Waals surface area (Å²) in [5.74, 6) is -3.95. The molecule has 1 saturated heterocycles. The van der Waals surface area contributed by atoms with Crippen molar-refractivity contribution in [3.05, 3.63) is 57.8 Å². The van der Waals surface area contributed by atoms with Gasteiger partial charge in [-0.1, -0.05) is 0 Å². The van der Waals surface area contributed by atoms with Crippen LogP contribution in [0.4, 0.5) is 18.9 Å². The molecule has 0 aliphatic carbocycles. The van der Waals surface area contributed by atoms with Crippen molar-refractivity contribution in [3.8, 4) is 0 Å². The highest BCUT2D eigenvalue weighted by Crippen LogP contribution is 2.28. The number of halogens is 4. The number of hydrogen-bond donors (Lipinski definition) is 2. The van der Waals surface area contributed by atoms with Crippen molar-refractivity contribution in [3.63, 3.8) is 0 Å². The number of nitrogens with zero attached hydrogens (tertiary/aromatic N) is 1. The fourth-order valence-electron chi connectivity index (χ4n) is 3.23. The third kappa shape index (κ3) is 4.69. The van der Waals surface area contributed by atoms with Crippen molar-refractivity contribution in [2.24, 2.45) is 0 Å². The van der Waals surface area contributed by atoms with E-state index in [0.29, 0.717) is 32.2 Å². The summed E-state index contributed by atoms with van der Waals surface area (Å²) in [6.07, 6.45) is 0. The number of rotatable bonds is 5. The highest BCUT2D eigenvalue weighted by Gasteiger charge is 2.31. The van der Waals surface area contributed by atoms with Gasteiger partial charge in [0.2, 0.25) is 10.0 Å². The number of anilines is 1. The van der Waals surface area contributed by atoms with E-state index in [0.717, 1.165) is 30.8 Å². The van der Waals surface area contributed by atoms with Crippen LogP contribution in [0.2, 0.25) is 0 Å². The molecule has 1 heterocycles. The normalized spacial score (nSPS) is 15.9. The molecule has 1 amide bonds. The molecule has 2 aromatic carbocycles. The van der Waals surface area contributed by atoms with E-state index in [4.69, 9.17) is 0 Å². The van der Waals surface area contributed by atoms with Gasteiger partial charge in [0.25, 0.3) is 5.91 Å². The van der Waals surface area contributed by atoms with E-state index < -0.39 is 38.9 Å². The smallest absolute Gasteiger partial charge is 0.258 e. The molecule has 0 spiro atoms. The monoisotopic (exact) mass is 506 g/mol. The Balaban J connectivity index is 1.87. The van der Waals surface area contributed by atoms with Crippen molar-refractivity contribution >= 4 is 37.5 Å². The molecule has 0 saturated carbocycles. The third-order valence-corrected chi connectivity index (χ3v) is 7.52. The number of carbonyl (C=O) groups is 1. The minimum Gasteiger partial charge on any atom is -0.333 e. The Morgan fingerprint density at radius 2 is 1.80 bits per heavy atom. The molecule has 1 aliphatic heterocycles. The van der Waals surface area contributed by atoms with Gasteiger partial charge >= 0.3 is 0 Å². The zero-order valence-corrected chi connectivity index (χ0v) is 18.4. The topological polar surface area (TPSA) is 70.9 Å². The molecular formula is C19H20BrF3N3O3S+. The molecular weight excluding hydrogens is 487 g/mol. The van der Waals surface area contributed by atoms with Gasteiger partial charge in [0.05, 0.1) is 48.9 Å². The summed E-state index contributed by atoms with van der Waals surface area (Å²) >= 11 is 2.93. The minimum atomic E-state index is -3.92. The zero-order valence-electron chi connectivity index (χ0n) is 16.0. The van der Waals surface area contributed by atoms with Crippen LogP contribution in [-0.2, 0) is 10.0 Å². The number of piperazine rings is 1. The van der Waals surface area contributed by atoms with Gasteiger partial charge in [-0.3, -0.25) is 4.79 Å². The first-order valence-corrected chi connectivity index (χ1v) is 11.5. The number of benzene rings is 2. The maximum Gasteiger partial charge on any atom is 0.258 e. The largest absolute Gasteiger partial charge is 0.333 e. The molecule has 162 valence electrons. The molecule has 3 rings (SSSR count). The first-order chi connectivity index (χ1) is 14.1. The average Bonchev–Trinajstić information content (AvgIpc) is 2.70. The van der Waals surface area contributed by atoms with Crippen LogP contribution in [0.5, 0.6) is 0 Å². The summed E-state index contributed by atoms with van der Waals surface area (Å²) in [5, 5.41) is 2.16. The number of hydrogen-bond acceptors (Lipinski definition) is 3. The summed E-state index contributed by atoms with van der Waals surface area (Å²) in [7, 11) is -3.92. The highest BCUT2D eigenvalue weighted by molar-refractivity contribution is 9.10. The Bertz CT molecular complexity index is 1050. The van der Waals surface area contributed by atoms with Gasteiger partial charge in [-0.2, -0.15) is 4.31 Å². The summed E-state index contributed by atoms with van der Waals surface area (Å²) in [6, 6.07) is 4.40. The van der Waals surface area contributed by atoms with Gasteiger partial charge in [0, 0.05) is 10.5 Å². The molecule has 0 unspecified atom stereocenters. The molecule has 0 aromatic heterocycles. The highest BCUT2D eigenvalue weighted by atomic mass is 79.9. The van der Waals surface area contributed by atoms with Gasteiger partial charge in [0.15, 0.2) is 5.82 Å². The van der Waals surface area contributed by atoms with Gasteiger partial charge in [0.1, 0.15) is 11.6 Å². The molecule has 1 aliphatic rings. The SMILES string of the molecule is CC[NH+]1CCN(S(=O)(=O)c2ccc(F)c(C(=O)Nc3c(F)cc(F)cc3Br)c2)CC1. The molecule has 1 fully saturated rings. The lowest BCUT2D eigenvalue weighted by Crippen LogP contribution is -3.14. The van der Waals surface area contributed by atoms with Crippen LogP contribution < -0.4 is 10.2 Å². The first kappa shape index (κ1) is 22.7. The van der Waals surface area contributed by atoms with E-state index in [1.54, 1.807) is 0 Å². The first-order valence-electron chi connectivity index (χ1n) is 9.22. The second-order valence-electron chi connectivity index (χ2n) is 6.85. The van der Waals surface area contributed by atoms with Crippen LogP contribution in [0.3, 0.4) is 0 Å². The van der Waals surface area contributed by atoms with Crippen molar-refractivity contribution in [2.75, 3.05) is 38.0 Å². The second kappa shape index (κ2) is 9.04. The maximum atomic E-state index is 14.3. The van der Waals surface area contributed by atoms with Gasteiger partial charge in [-0.15, -0.1) is 0 Å². The Kier molecular flexibility index (Phi) is 6.85. The number of quaternary nitrogens is 1. The van der Waals surface area contributed by atoms with Crippen molar-refractivity contribution in [1.29, 1.82) is 0 Å². The molecule has 2 N–H and O–H groups in total. The number of likely N-dealkylation sites (N-methyl/N-ethyl adjacent to an activating group) is 1. The van der Waals surface area contributed by atoms with Crippen LogP contribution in [-0.4, -0.2) is 51.4 Å². The molecule has 0 atom stereocenters. The van der Waals surface area contributed by atoms with Crippen LogP contribution in [0.25, 0.3) is 0 Å². The lowest BCUT2D eigenvalue weighted by Gasteiger charge is -2.30. The predicted octanol–water partition coefficient (Wildman–Crippen LogP) is 2.03. The third-order valence-electron chi connectivity index (χ3n) is 5.00. The van der Waals surface area contributed by atoms with Crippen LogP contribution >= 0.6 is 15.9 Å².